The first-order valence-electron chi connectivity index (χ1n) is 13.5. The molecule has 0 bridgehead atoms. The van der Waals surface area contributed by atoms with Gasteiger partial charge in [0.15, 0.2) is 0 Å². The van der Waals surface area contributed by atoms with Crippen LogP contribution in [0, 0.1) is 12.8 Å². The Balaban J connectivity index is 1.34. The Hall–Kier alpha value is -2.99. The molecule has 190 valence electrons. The van der Waals surface area contributed by atoms with E-state index in [2.05, 4.69) is 29.2 Å². The number of nitrogens with zero attached hydrogens (tertiary/aromatic N) is 3. The van der Waals surface area contributed by atoms with Crippen LogP contribution >= 0.6 is 0 Å². The molecule has 36 heavy (non-hydrogen) atoms. The van der Waals surface area contributed by atoms with Crippen molar-refractivity contribution in [1.82, 2.24) is 9.80 Å². The molecule has 2 saturated heterocycles. The number of imide groups is 1. The molecule has 2 aromatic rings. The predicted molar refractivity (Wildman–Crippen MR) is 140 cm³/mol. The summed E-state index contributed by atoms with van der Waals surface area (Å²) in [5, 5.41) is 0. The highest BCUT2D eigenvalue weighted by molar-refractivity contribution is 6.23. The first kappa shape index (κ1) is 24.7. The van der Waals surface area contributed by atoms with Crippen LogP contribution in [0.25, 0.3) is 0 Å². The van der Waals surface area contributed by atoms with E-state index in [9.17, 15) is 14.4 Å². The highest BCUT2D eigenvalue weighted by Crippen LogP contribution is 2.33. The Bertz CT molecular complexity index is 1070. The highest BCUT2D eigenvalue weighted by Gasteiger charge is 2.48. The number of carbonyl (C=O) groups is 3. The number of benzene rings is 2. The molecule has 0 aromatic heterocycles. The number of likely N-dealkylation sites (tertiary alicyclic amines) is 1. The van der Waals surface area contributed by atoms with Gasteiger partial charge in [-0.15, -0.1) is 0 Å². The van der Waals surface area contributed by atoms with Crippen LogP contribution in [0.5, 0.6) is 0 Å². The van der Waals surface area contributed by atoms with Gasteiger partial charge in [0.25, 0.3) is 5.91 Å². The van der Waals surface area contributed by atoms with E-state index in [1.165, 1.54) is 16.9 Å². The van der Waals surface area contributed by atoms with Crippen LogP contribution in [-0.2, 0) is 20.9 Å². The van der Waals surface area contributed by atoms with Gasteiger partial charge in [-0.25, -0.2) is 4.90 Å². The number of piperidine rings is 1. The van der Waals surface area contributed by atoms with Crippen LogP contribution in [0.2, 0.25) is 0 Å². The topological polar surface area (TPSA) is 60.9 Å². The van der Waals surface area contributed by atoms with E-state index in [1.807, 2.05) is 42.2 Å². The van der Waals surface area contributed by atoms with Crippen LogP contribution in [0.1, 0.15) is 62.5 Å². The van der Waals surface area contributed by atoms with Crippen LogP contribution in [0.3, 0.4) is 0 Å². The molecule has 3 fully saturated rings. The highest BCUT2D eigenvalue weighted by atomic mass is 16.2. The SMILES string of the molecule is Cc1ccc(N2C(=O)CC(N(C(=O)C3CCCCC3)C3CCN(Cc4ccccc4)CC3)C2=O)cc1. The normalized spacial score (nSPS) is 22.2. The zero-order valence-corrected chi connectivity index (χ0v) is 21.3. The molecule has 1 saturated carbocycles. The molecular formula is C30H37N3O3. The number of amides is 3. The second-order valence-electron chi connectivity index (χ2n) is 10.7. The summed E-state index contributed by atoms with van der Waals surface area (Å²) in [4.78, 5) is 46.3. The van der Waals surface area contributed by atoms with Crippen molar-refractivity contribution >= 4 is 23.4 Å². The van der Waals surface area contributed by atoms with E-state index >= 15 is 0 Å². The fourth-order valence-electron chi connectivity index (χ4n) is 6.14. The Morgan fingerprint density at radius 1 is 0.889 bits per heavy atom. The quantitative estimate of drug-likeness (QED) is 0.554. The molecule has 0 spiro atoms. The summed E-state index contributed by atoms with van der Waals surface area (Å²) < 4.78 is 0. The average Bonchev–Trinajstić information content (AvgIpc) is 3.20. The van der Waals surface area contributed by atoms with Gasteiger partial charge in [-0.05, 0) is 50.3 Å². The maximum absolute atomic E-state index is 13.9. The number of rotatable bonds is 6. The van der Waals surface area contributed by atoms with Crippen molar-refractivity contribution in [2.75, 3.05) is 18.0 Å². The maximum Gasteiger partial charge on any atom is 0.257 e. The van der Waals surface area contributed by atoms with Crippen LogP contribution in [0.4, 0.5) is 5.69 Å². The summed E-state index contributed by atoms with van der Waals surface area (Å²) in [5.74, 6) is -0.401. The summed E-state index contributed by atoms with van der Waals surface area (Å²) >= 11 is 0. The van der Waals surface area contributed by atoms with Crippen molar-refractivity contribution in [2.24, 2.45) is 5.92 Å². The number of hydrogen-bond donors (Lipinski definition) is 0. The van der Waals surface area contributed by atoms with Crippen molar-refractivity contribution < 1.29 is 14.4 Å². The van der Waals surface area contributed by atoms with Gasteiger partial charge >= 0.3 is 0 Å². The van der Waals surface area contributed by atoms with Gasteiger partial charge in [0, 0.05) is 31.6 Å². The molecule has 1 unspecified atom stereocenters. The van der Waals surface area contributed by atoms with Crippen molar-refractivity contribution in [3.63, 3.8) is 0 Å². The third-order valence-corrected chi connectivity index (χ3v) is 8.16. The van der Waals surface area contributed by atoms with Gasteiger partial charge in [-0.2, -0.15) is 0 Å². The van der Waals surface area contributed by atoms with Gasteiger partial charge in [-0.1, -0.05) is 67.3 Å². The summed E-state index contributed by atoms with van der Waals surface area (Å²) in [6.07, 6.45) is 6.80. The molecule has 0 N–H and O–H groups in total. The number of hydrogen-bond acceptors (Lipinski definition) is 4. The van der Waals surface area contributed by atoms with E-state index in [0.29, 0.717) is 5.69 Å². The summed E-state index contributed by atoms with van der Waals surface area (Å²) in [6, 6.07) is 17.2. The minimum absolute atomic E-state index is 0.00818. The minimum atomic E-state index is -0.695. The smallest absolute Gasteiger partial charge is 0.257 e. The lowest BCUT2D eigenvalue weighted by Gasteiger charge is -2.42. The van der Waals surface area contributed by atoms with Crippen LogP contribution in [-0.4, -0.2) is 52.7 Å². The molecule has 2 aliphatic heterocycles. The third-order valence-electron chi connectivity index (χ3n) is 8.16. The second-order valence-corrected chi connectivity index (χ2v) is 10.7. The molecule has 1 aliphatic carbocycles. The maximum atomic E-state index is 13.9. The van der Waals surface area contributed by atoms with Crippen molar-refractivity contribution in [3.05, 3.63) is 65.7 Å². The summed E-state index contributed by atoms with van der Waals surface area (Å²) in [6.45, 7) is 4.64. The average molecular weight is 488 g/mol. The summed E-state index contributed by atoms with van der Waals surface area (Å²) in [7, 11) is 0. The standard InChI is InChI=1S/C30H37N3O3/c1-22-12-14-25(15-13-22)33-28(34)20-27(30(33)36)32(29(35)24-10-6-3-7-11-24)26-16-18-31(19-17-26)21-23-8-4-2-5-9-23/h2,4-5,8-9,12-15,24,26-27H,3,6-7,10-11,16-21H2,1H3. The van der Waals surface area contributed by atoms with Gasteiger partial charge in [0.1, 0.15) is 6.04 Å². The van der Waals surface area contributed by atoms with Crippen molar-refractivity contribution in [1.29, 1.82) is 0 Å². The van der Waals surface area contributed by atoms with E-state index in [0.717, 1.165) is 63.7 Å². The Morgan fingerprint density at radius 3 is 2.22 bits per heavy atom. The predicted octanol–water partition coefficient (Wildman–Crippen LogP) is 4.70. The van der Waals surface area contributed by atoms with Crippen LogP contribution in [0.15, 0.2) is 54.6 Å². The second kappa shape index (κ2) is 11.0. The molecule has 3 amide bonds. The zero-order chi connectivity index (χ0) is 25.1. The van der Waals surface area contributed by atoms with E-state index in [1.54, 1.807) is 0 Å². The number of anilines is 1. The fraction of sp³-hybridized carbons (Fsp3) is 0.500. The minimum Gasteiger partial charge on any atom is -0.327 e. The largest absolute Gasteiger partial charge is 0.327 e. The number of carbonyl (C=O) groups excluding carboxylic acids is 3. The number of aryl methyl sites for hydroxylation is 1. The Kier molecular flexibility index (Phi) is 7.51. The Labute approximate surface area is 214 Å². The van der Waals surface area contributed by atoms with E-state index < -0.39 is 6.04 Å². The molecule has 0 radical (unpaired) electrons. The molecule has 6 heteroatoms. The van der Waals surface area contributed by atoms with Gasteiger partial charge in [0.05, 0.1) is 12.1 Å². The van der Waals surface area contributed by atoms with Crippen LogP contribution < -0.4 is 4.90 Å². The monoisotopic (exact) mass is 487 g/mol. The molecule has 2 heterocycles. The first-order chi connectivity index (χ1) is 17.5. The molecule has 5 rings (SSSR count). The molecule has 6 nitrogen and oxygen atoms in total. The van der Waals surface area contributed by atoms with Gasteiger partial charge < -0.3 is 4.90 Å². The lowest BCUT2D eigenvalue weighted by molar-refractivity contribution is -0.146. The molecule has 3 aliphatic rings. The van der Waals surface area contributed by atoms with Crippen molar-refractivity contribution in [3.8, 4) is 0 Å². The lowest BCUT2D eigenvalue weighted by Crippen LogP contribution is -2.55. The van der Waals surface area contributed by atoms with Gasteiger partial charge in [-0.3, -0.25) is 19.3 Å². The zero-order valence-electron chi connectivity index (χ0n) is 21.3. The summed E-state index contributed by atoms with van der Waals surface area (Å²) in [5.41, 5.74) is 2.96. The lowest BCUT2D eigenvalue weighted by atomic mass is 9.86. The van der Waals surface area contributed by atoms with Crippen molar-refractivity contribution in [2.45, 2.75) is 76.9 Å². The molecule has 1 atom stereocenters. The first-order valence-corrected chi connectivity index (χ1v) is 13.5. The Morgan fingerprint density at radius 2 is 1.56 bits per heavy atom. The molecular weight excluding hydrogens is 450 g/mol. The van der Waals surface area contributed by atoms with E-state index in [-0.39, 0.29) is 36.1 Å². The fourth-order valence-corrected chi connectivity index (χ4v) is 6.14. The van der Waals surface area contributed by atoms with E-state index in [4.69, 9.17) is 0 Å². The molecule has 2 aromatic carbocycles. The van der Waals surface area contributed by atoms with Gasteiger partial charge in [0.2, 0.25) is 11.8 Å². The third kappa shape index (κ3) is 5.24.